The van der Waals surface area contributed by atoms with Gasteiger partial charge in [0, 0.05) is 14.3 Å². The molecule has 2 aromatic heterocycles. The van der Waals surface area contributed by atoms with Crippen molar-refractivity contribution in [3.8, 4) is 0 Å². The molecule has 0 saturated heterocycles. The Morgan fingerprint density at radius 2 is 1.85 bits per heavy atom. The van der Waals surface area contributed by atoms with Crippen LogP contribution in [0.25, 0.3) is 9.40 Å². The summed E-state index contributed by atoms with van der Waals surface area (Å²) in [5, 5.41) is 2.16. The third-order valence-electron chi connectivity index (χ3n) is 3.80. The van der Waals surface area contributed by atoms with Gasteiger partial charge in [0.15, 0.2) is 0 Å². The molecule has 4 heteroatoms. The molecule has 0 aliphatic carbocycles. The van der Waals surface area contributed by atoms with E-state index in [4.69, 9.17) is 5.84 Å². The van der Waals surface area contributed by atoms with E-state index in [1.165, 1.54) is 59.2 Å². The predicted octanol–water partition coefficient (Wildman–Crippen LogP) is 5.61. The van der Waals surface area contributed by atoms with Crippen molar-refractivity contribution in [2.45, 2.75) is 64.3 Å². The minimum atomic E-state index is 0.329. The first-order valence-corrected chi connectivity index (χ1v) is 9.47. The molecule has 112 valence electrons. The van der Waals surface area contributed by atoms with Crippen molar-refractivity contribution >= 4 is 32.1 Å². The maximum atomic E-state index is 5.74. The average molecular weight is 311 g/mol. The molecular formula is C16H26N2S2. The molecule has 0 radical (unpaired) electrons. The first-order valence-electron chi connectivity index (χ1n) is 7.78. The molecule has 0 aliphatic rings. The Morgan fingerprint density at radius 1 is 1.10 bits per heavy atom. The number of thiophene rings is 2. The van der Waals surface area contributed by atoms with Gasteiger partial charge in [-0.1, -0.05) is 51.9 Å². The Labute approximate surface area is 130 Å². The summed E-state index contributed by atoms with van der Waals surface area (Å²) in [5.74, 6) is 5.74. The van der Waals surface area contributed by atoms with Gasteiger partial charge in [0.05, 0.1) is 6.04 Å². The van der Waals surface area contributed by atoms with Crippen molar-refractivity contribution in [1.29, 1.82) is 0 Å². The zero-order valence-electron chi connectivity index (χ0n) is 12.4. The van der Waals surface area contributed by atoms with Crippen LogP contribution in [0.3, 0.4) is 0 Å². The highest BCUT2D eigenvalue weighted by atomic mass is 32.1. The number of nitrogens with two attached hydrogens (primary N) is 1. The second-order valence-electron chi connectivity index (χ2n) is 5.43. The average Bonchev–Trinajstić information content (AvgIpc) is 3.03. The molecule has 0 fully saturated rings. The number of unbranched alkanes of at least 4 members (excludes halogenated alkanes) is 6. The smallest absolute Gasteiger partial charge is 0.0554 e. The molecule has 2 aromatic rings. The van der Waals surface area contributed by atoms with Gasteiger partial charge in [0.2, 0.25) is 0 Å². The number of nitrogens with one attached hydrogen (secondary N) is 1. The van der Waals surface area contributed by atoms with Crippen molar-refractivity contribution < 1.29 is 0 Å². The quantitative estimate of drug-likeness (QED) is 0.340. The molecule has 0 amide bonds. The van der Waals surface area contributed by atoms with E-state index < -0.39 is 0 Å². The van der Waals surface area contributed by atoms with E-state index >= 15 is 0 Å². The summed E-state index contributed by atoms with van der Waals surface area (Å²) in [6, 6.07) is 4.83. The summed E-state index contributed by atoms with van der Waals surface area (Å²) in [5.41, 5.74) is 3.00. The zero-order chi connectivity index (χ0) is 14.2. The fourth-order valence-electron chi connectivity index (χ4n) is 2.57. The van der Waals surface area contributed by atoms with Crippen molar-refractivity contribution in [2.75, 3.05) is 0 Å². The standard InChI is InChI=1S/C16H26N2S2/c1-2-3-4-5-6-7-8-9-13(18-17)15-12-16-14(20-15)10-11-19-16/h10-13,18H,2-9,17H2,1H3. The number of rotatable bonds is 10. The minimum absolute atomic E-state index is 0.329. The first-order chi connectivity index (χ1) is 9.85. The van der Waals surface area contributed by atoms with E-state index in [1.807, 2.05) is 22.7 Å². The van der Waals surface area contributed by atoms with Crippen LogP contribution in [0.5, 0.6) is 0 Å². The van der Waals surface area contributed by atoms with Gasteiger partial charge in [0.25, 0.3) is 0 Å². The second-order valence-corrected chi connectivity index (χ2v) is 7.49. The molecule has 1 unspecified atom stereocenters. The van der Waals surface area contributed by atoms with E-state index in [2.05, 4.69) is 29.9 Å². The summed E-state index contributed by atoms with van der Waals surface area (Å²) in [4.78, 5) is 1.39. The molecule has 0 aromatic carbocycles. The van der Waals surface area contributed by atoms with Gasteiger partial charge in [-0.3, -0.25) is 11.3 Å². The van der Waals surface area contributed by atoms with Crippen molar-refractivity contribution in [3.63, 3.8) is 0 Å². The monoisotopic (exact) mass is 310 g/mol. The lowest BCUT2D eigenvalue weighted by Crippen LogP contribution is -2.27. The van der Waals surface area contributed by atoms with Crippen LogP contribution >= 0.6 is 22.7 Å². The van der Waals surface area contributed by atoms with E-state index in [0.29, 0.717) is 6.04 Å². The molecule has 0 saturated carbocycles. The minimum Gasteiger partial charge on any atom is -0.271 e. The van der Waals surface area contributed by atoms with Gasteiger partial charge >= 0.3 is 0 Å². The Morgan fingerprint density at radius 3 is 2.55 bits per heavy atom. The van der Waals surface area contributed by atoms with E-state index in [9.17, 15) is 0 Å². The van der Waals surface area contributed by atoms with E-state index in [1.54, 1.807) is 0 Å². The van der Waals surface area contributed by atoms with Gasteiger partial charge < -0.3 is 0 Å². The molecule has 0 spiro atoms. The molecule has 3 N–H and O–H groups in total. The molecule has 0 aliphatic heterocycles. The summed E-state index contributed by atoms with van der Waals surface area (Å²) >= 11 is 3.70. The van der Waals surface area contributed by atoms with Crippen LogP contribution in [0, 0.1) is 0 Å². The Balaban J connectivity index is 1.71. The van der Waals surface area contributed by atoms with Gasteiger partial charge in [-0.15, -0.1) is 22.7 Å². The highest BCUT2D eigenvalue weighted by molar-refractivity contribution is 7.26. The highest BCUT2D eigenvalue weighted by Gasteiger charge is 2.13. The molecular weight excluding hydrogens is 284 g/mol. The SMILES string of the molecule is CCCCCCCCCC(NN)c1cc2sccc2s1. The summed E-state index contributed by atoms with van der Waals surface area (Å²) < 4.78 is 2.79. The molecule has 2 nitrogen and oxygen atoms in total. The predicted molar refractivity (Wildman–Crippen MR) is 92.4 cm³/mol. The fourth-order valence-corrected chi connectivity index (χ4v) is 4.78. The third-order valence-corrected chi connectivity index (χ3v) is 6.01. The van der Waals surface area contributed by atoms with Crippen LogP contribution in [0.15, 0.2) is 17.5 Å². The summed E-state index contributed by atoms with van der Waals surface area (Å²) in [6.45, 7) is 2.27. The van der Waals surface area contributed by atoms with E-state index in [-0.39, 0.29) is 0 Å². The van der Waals surface area contributed by atoms with Crippen molar-refractivity contribution in [3.05, 3.63) is 22.4 Å². The number of hydrogen-bond donors (Lipinski definition) is 2. The van der Waals surface area contributed by atoms with Crippen LogP contribution in [0.1, 0.15) is 69.2 Å². The van der Waals surface area contributed by atoms with Gasteiger partial charge in [-0.2, -0.15) is 0 Å². The Kier molecular flexibility index (Phi) is 7.00. The topological polar surface area (TPSA) is 38.0 Å². The van der Waals surface area contributed by atoms with Crippen LogP contribution < -0.4 is 11.3 Å². The second kappa shape index (κ2) is 8.78. The Bertz CT molecular complexity index is 461. The molecule has 2 rings (SSSR count). The largest absolute Gasteiger partial charge is 0.271 e. The fraction of sp³-hybridized carbons (Fsp3) is 0.625. The lowest BCUT2D eigenvalue weighted by molar-refractivity contribution is 0.481. The number of hydrogen-bond acceptors (Lipinski definition) is 4. The van der Waals surface area contributed by atoms with Gasteiger partial charge in [-0.05, 0) is 23.9 Å². The molecule has 1 atom stereocenters. The third kappa shape index (κ3) is 4.55. The highest BCUT2D eigenvalue weighted by Crippen LogP contribution is 2.34. The Hall–Kier alpha value is -0.420. The van der Waals surface area contributed by atoms with Gasteiger partial charge in [-0.25, -0.2) is 0 Å². The normalized spacial score (nSPS) is 13.1. The maximum absolute atomic E-state index is 5.74. The van der Waals surface area contributed by atoms with Crippen LogP contribution in [0.4, 0.5) is 0 Å². The van der Waals surface area contributed by atoms with Crippen LogP contribution in [-0.4, -0.2) is 0 Å². The molecule has 0 bridgehead atoms. The number of fused-ring (bicyclic) bond motifs is 1. The van der Waals surface area contributed by atoms with Crippen molar-refractivity contribution in [2.24, 2.45) is 5.84 Å². The lowest BCUT2D eigenvalue weighted by atomic mass is 10.0. The van der Waals surface area contributed by atoms with Crippen molar-refractivity contribution in [1.82, 2.24) is 5.43 Å². The molecule has 20 heavy (non-hydrogen) atoms. The van der Waals surface area contributed by atoms with Gasteiger partial charge in [0.1, 0.15) is 0 Å². The number of hydrazine groups is 1. The van der Waals surface area contributed by atoms with Crippen LogP contribution in [0.2, 0.25) is 0 Å². The zero-order valence-corrected chi connectivity index (χ0v) is 14.0. The maximum Gasteiger partial charge on any atom is 0.0554 e. The van der Waals surface area contributed by atoms with E-state index in [0.717, 1.165) is 6.42 Å². The first kappa shape index (κ1) is 16.0. The lowest BCUT2D eigenvalue weighted by Gasteiger charge is -2.13. The molecule has 2 heterocycles. The summed E-state index contributed by atoms with van der Waals surface area (Å²) in [7, 11) is 0. The summed E-state index contributed by atoms with van der Waals surface area (Å²) in [6.07, 6.45) is 10.6. The van der Waals surface area contributed by atoms with Crippen LogP contribution in [-0.2, 0) is 0 Å².